The maximum atomic E-state index is 6.07. The maximum absolute atomic E-state index is 6.07. The Hall–Kier alpha value is -2.49. The Bertz CT molecular complexity index is 942. The SMILES string of the molecule is CCOc1ccc(OCC)c(NC(N)=NCCCn2cnc3ccccc32)c1.I. The number of benzene rings is 2. The lowest BCUT2D eigenvalue weighted by atomic mass is 10.2. The van der Waals surface area contributed by atoms with Gasteiger partial charge in [-0.3, -0.25) is 4.99 Å². The fourth-order valence-corrected chi connectivity index (χ4v) is 2.95. The largest absolute Gasteiger partial charge is 0.494 e. The fourth-order valence-electron chi connectivity index (χ4n) is 2.95. The van der Waals surface area contributed by atoms with Gasteiger partial charge in [0.2, 0.25) is 0 Å². The molecule has 7 nitrogen and oxygen atoms in total. The van der Waals surface area contributed by atoms with Crippen LogP contribution in [-0.4, -0.2) is 35.3 Å². The third kappa shape index (κ3) is 6.25. The van der Waals surface area contributed by atoms with Crippen molar-refractivity contribution < 1.29 is 9.47 Å². The molecule has 1 aromatic heterocycles. The first-order chi connectivity index (χ1) is 13.7. The standard InChI is InChI=1S/C21H27N5O2.HI/c1-3-27-16-10-11-20(28-4-2)18(14-16)25-21(22)23-12-7-13-26-15-24-17-8-5-6-9-19(17)26;/h5-6,8-11,14-15H,3-4,7,12-13H2,1-2H3,(H3,22,23,25);1H. The lowest BCUT2D eigenvalue weighted by molar-refractivity contribution is 0.332. The van der Waals surface area contributed by atoms with Crippen LogP contribution >= 0.6 is 24.0 Å². The molecule has 0 amide bonds. The van der Waals surface area contributed by atoms with Gasteiger partial charge in [0, 0.05) is 19.2 Å². The van der Waals surface area contributed by atoms with Crippen LogP contribution < -0.4 is 20.5 Å². The Balaban J connectivity index is 0.00000300. The topological polar surface area (TPSA) is 86.7 Å². The Morgan fingerprint density at radius 2 is 1.93 bits per heavy atom. The molecule has 0 saturated carbocycles. The van der Waals surface area contributed by atoms with E-state index in [2.05, 4.69) is 25.9 Å². The molecule has 0 aliphatic carbocycles. The lowest BCUT2D eigenvalue weighted by Crippen LogP contribution is -2.23. The van der Waals surface area contributed by atoms with Gasteiger partial charge in [0.15, 0.2) is 5.96 Å². The highest BCUT2D eigenvalue weighted by molar-refractivity contribution is 14.0. The third-order valence-electron chi connectivity index (χ3n) is 4.19. The number of halogens is 1. The van der Waals surface area contributed by atoms with Crippen LogP contribution in [0.1, 0.15) is 20.3 Å². The van der Waals surface area contributed by atoms with Gasteiger partial charge in [-0.25, -0.2) is 4.98 Å². The molecule has 29 heavy (non-hydrogen) atoms. The molecule has 0 aliphatic rings. The van der Waals surface area contributed by atoms with Crippen molar-refractivity contribution in [1.82, 2.24) is 9.55 Å². The highest BCUT2D eigenvalue weighted by atomic mass is 127. The monoisotopic (exact) mass is 509 g/mol. The van der Waals surface area contributed by atoms with E-state index in [0.717, 1.165) is 35.4 Å². The van der Waals surface area contributed by atoms with Crippen LogP contribution in [0.25, 0.3) is 11.0 Å². The summed E-state index contributed by atoms with van der Waals surface area (Å²) in [5.41, 5.74) is 8.95. The normalized spacial score (nSPS) is 11.2. The summed E-state index contributed by atoms with van der Waals surface area (Å²) in [5, 5.41) is 3.12. The zero-order chi connectivity index (χ0) is 19.8. The summed E-state index contributed by atoms with van der Waals surface area (Å²) in [6, 6.07) is 13.7. The number of fused-ring (bicyclic) bond motifs is 1. The van der Waals surface area contributed by atoms with Gasteiger partial charge >= 0.3 is 0 Å². The Kier molecular flexibility index (Phi) is 9.04. The van der Waals surface area contributed by atoms with E-state index in [-0.39, 0.29) is 24.0 Å². The number of rotatable bonds is 9. The van der Waals surface area contributed by atoms with Gasteiger partial charge in [0.05, 0.1) is 36.3 Å². The third-order valence-corrected chi connectivity index (χ3v) is 4.19. The van der Waals surface area contributed by atoms with Crippen molar-refractivity contribution in [3.05, 3.63) is 48.8 Å². The molecule has 0 fully saturated rings. The number of ether oxygens (including phenoxy) is 2. The molecule has 0 bridgehead atoms. The highest BCUT2D eigenvalue weighted by Crippen LogP contribution is 2.29. The summed E-state index contributed by atoms with van der Waals surface area (Å²) < 4.78 is 13.3. The maximum Gasteiger partial charge on any atom is 0.193 e. The molecule has 3 rings (SSSR count). The van der Waals surface area contributed by atoms with E-state index in [1.807, 2.05) is 56.6 Å². The summed E-state index contributed by atoms with van der Waals surface area (Å²) >= 11 is 0. The molecular formula is C21H28IN5O2. The minimum atomic E-state index is 0. The first-order valence-corrected chi connectivity index (χ1v) is 9.57. The molecule has 0 spiro atoms. The second kappa shape index (κ2) is 11.5. The predicted octanol–water partition coefficient (Wildman–Crippen LogP) is 4.27. The van der Waals surface area contributed by atoms with Gasteiger partial charge in [-0.05, 0) is 44.5 Å². The number of para-hydroxylation sites is 2. The van der Waals surface area contributed by atoms with E-state index in [4.69, 9.17) is 15.2 Å². The average Bonchev–Trinajstić information content (AvgIpc) is 3.11. The second-order valence-electron chi connectivity index (χ2n) is 6.20. The molecule has 3 aromatic rings. The van der Waals surface area contributed by atoms with E-state index >= 15 is 0 Å². The smallest absolute Gasteiger partial charge is 0.193 e. The van der Waals surface area contributed by atoms with Crippen LogP contribution in [0.3, 0.4) is 0 Å². The Morgan fingerprint density at radius 3 is 2.72 bits per heavy atom. The number of hydrogen-bond donors (Lipinski definition) is 2. The Labute approximate surface area is 188 Å². The summed E-state index contributed by atoms with van der Waals surface area (Å²) in [6.07, 6.45) is 2.73. The van der Waals surface area contributed by atoms with Gasteiger partial charge in [-0.15, -0.1) is 24.0 Å². The molecule has 8 heteroatoms. The number of anilines is 1. The molecule has 3 N–H and O–H groups in total. The van der Waals surface area contributed by atoms with Crippen molar-refractivity contribution in [3.63, 3.8) is 0 Å². The van der Waals surface area contributed by atoms with Crippen molar-refractivity contribution in [2.24, 2.45) is 10.7 Å². The van der Waals surface area contributed by atoms with Crippen LogP contribution in [0.15, 0.2) is 53.8 Å². The number of nitrogens with one attached hydrogen (secondary N) is 1. The number of nitrogens with zero attached hydrogens (tertiary/aromatic N) is 3. The van der Waals surface area contributed by atoms with E-state index in [1.54, 1.807) is 0 Å². The van der Waals surface area contributed by atoms with E-state index < -0.39 is 0 Å². The van der Waals surface area contributed by atoms with Gasteiger partial charge in [-0.1, -0.05) is 12.1 Å². The number of nitrogens with two attached hydrogens (primary N) is 1. The van der Waals surface area contributed by atoms with Crippen LogP contribution in [0, 0.1) is 0 Å². The number of hydrogen-bond acceptors (Lipinski definition) is 4. The summed E-state index contributed by atoms with van der Waals surface area (Å²) in [6.45, 7) is 6.50. The first kappa shape index (κ1) is 22.8. The molecule has 0 atom stereocenters. The average molecular weight is 509 g/mol. The molecule has 0 unspecified atom stereocenters. The fraction of sp³-hybridized carbons (Fsp3) is 0.333. The van der Waals surface area contributed by atoms with Crippen LogP contribution in [0.4, 0.5) is 5.69 Å². The van der Waals surface area contributed by atoms with Gasteiger partial charge in [-0.2, -0.15) is 0 Å². The predicted molar refractivity (Wildman–Crippen MR) is 129 cm³/mol. The minimum absolute atomic E-state index is 0. The number of aryl methyl sites for hydroxylation is 1. The Morgan fingerprint density at radius 1 is 1.14 bits per heavy atom. The second-order valence-corrected chi connectivity index (χ2v) is 6.20. The van der Waals surface area contributed by atoms with E-state index in [1.165, 1.54) is 0 Å². The molecule has 156 valence electrons. The van der Waals surface area contributed by atoms with Crippen molar-refractivity contribution in [1.29, 1.82) is 0 Å². The molecule has 1 heterocycles. The molecule has 0 aliphatic heterocycles. The lowest BCUT2D eigenvalue weighted by Gasteiger charge is -2.14. The quantitative estimate of drug-likeness (QED) is 0.195. The zero-order valence-corrected chi connectivity index (χ0v) is 19.1. The minimum Gasteiger partial charge on any atom is -0.494 e. The van der Waals surface area contributed by atoms with Crippen molar-refractivity contribution in [2.75, 3.05) is 25.1 Å². The van der Waals surface area contributed by atoms with Crippen LogP contribution in [0.2, 0.25) is 0 Å². The number of imidazole rings is 1. The van der Waals surface area contributed by atoms with E-state index in [0.29, 0.717) is 31.5 Å². The summed E-state index contributed by atoms with van der Waals surface area (Å²) in [4.78, 5) is 8.83. The molecular weight excluding hydrogens is 481 g/mol. The molecule has 2 aromatic carbocycles. The number of guanidine groups is 1. The van der Waals surface area contributed by atoms with Gasteiger partial charge in [0.25, 0.3) is 0 Å². The number of aromatic nitrogens is 2. The van der Waals surface area contributed by atoms with Crippen LogP contribution in [-0.2, 0) is 6.54 Å². The van der Waals surface area contributed by atoms with Gasteiger partial charge < -0.3 is 25.1 Å². The van der Waals surface area contributed by atoms with E-state index in [9.17, 15) is 0 Å². The first-order valence-electron chi connectivity index (χ1n) is 9.57. The zero-order valence-electron chi connectivity index (χ0n) is 16.8. The number of aliphatic imine (C=N–C) groups is 1. The molecule has 0 radical (unpaired) electrons. The summed E-state index contributed by atoms with van der Waals surface area (Å²) in [5.74, 6) is 1.83. The van der Waals surface area contributed by atoms with Crippen LogP contribution in [0.5, 0.6) is 11.5 Å². The van der Waals surface area contributed by atoms with Crippen molar-refractivity contribution in [3.8, 4) is 11.5 Å². The van der Waals surface area contributed by atoms with Crippen molar-refractivity contribution >= 4 is 46.7 Å². The van der Waals surface area contributed by atoms with Gasteiger partial charge in [0.1, 0.15) is 11.5 Å². The highest BCUT2D eigenvalue weighted by Gasteiger charge is 2.07. The molecule has 0 saturated heterocycles. The summed E-state index contributed by atoms with van der Waals surface area (Å²) in [7, 11) is 0. The van der Waals surface area contributed by atoms with Crippen molar-refractivity contribution in [2.45, 2.75) is 26.8 Å².